The second-order valence-corrected chi connectivity index (χ2v) is 8.60. The minimum absolute atomic E-state index is 0.129. The van der Waals surface area contributed by atoms with Crippen LogP contribution >= 0.6 is 0 Å². The number of aryl methyl sites for hydroxylation is 1. The largest absolute Gasteiger partial charge is 0.484 e. The summed E-state index contributed by atoms with van der Waals surface area (Å²) in [5.74, 6) is 0.762. The summed E-state index contributed by atoms with van der Waals surface area (Å²) >= 11 is 0. The molecule has 2 unspecified atom stereocenters. The molecule has 4 N–H and O–H groups in total. The molecular weight excluding hydrogens is 380 g/mol. The third-order valence-corrected chi connectivity index (χ3v) is 6.50. The number of anilines is 1. The van der Waals surface area contributed by atoms with Crippen LogP contribution in [0.25, 0.3) is 11.1 Å². The van der Waals surface area contributed by atoms with E-state index in [9.17, 15) is 4.79 Å². The number of nitrogens with two attached hydrogens (primary N) is 2. The molecule has 5 rings (SSSR count). The van der Waals surface area contributed by atoms with Gasteiger partial charge in [0.05, 0.1) is 6.61 Å². The molecule has 7 nitrogen and oxygen atoms in total. The van der Waals surface area contributed by atoms with Crippen LogP contribution < -0.4 is 16.2 Å². The van der Waals surface area contributed by atoms with Gasteiger partial charge < -0.3 is 20.9 Å². The lowest BCUT2D eigenvalue weighted by Gasteiger charge is -2.46. The number of guanidine groups is 1. The van der Waals surface area contributed by atoms with E-state index >= 15 is 0 Å². The minimum Gasteiger partial charge on any atom is -0.484 e. The Morgan fingerprint density at radius 1 is 1.17 bits per heavy atom. The third-order valence-electron chi connectivity index (χ3n) is 6.50. The molecule has 0 radical (unpaired) electrons. The van der Waals surface area contributed by atoms with Gasteiger partial charge in [-0.15, -0.1) is 0 Å². The highest BCUT2D eigenvalue weighted by molar-refractivity contribution is 6.07. The summed E-state index contributed by atoms with van der Waals surface area (Å²) in [4.78, 5) is 19.6. The molecule has 1 fully saturated rings. The van der Waals surface area contributed by atoms with Crippen LogP contribution in [0.2, 0.25) is 0 Å². The van der Waals surface area contributed by atoms with Gasteiger partial charge in [0.25, 0.3) is 5.91 Å². The standard InChI is InChI=1S/C23H26N4O3/c1-14-4-6-16(24)11-17(14)15-5-7-19-18(10-15)23(20(28)27(2)21(25)26-23)12-22(30-19)8-3-9-29-13-22/h4-7,10-11H,3,8-9,12-13,24H2,1-2H3,(H2,25,26). The van der Waals surface area contributed by atoms with E-state index in [1.54, 1.807) is 7.05 Å². The summed E-state index contributed by atoms with van der Waals surface area (Å²) in [6.07, 6.45) is 2.11. The summed E-state index contributed by atoms with van der Waals surface area (Å²) in [5, 5.41) is 0. The highest BCUT2D eigenvalue weighted by Gasteiger charge is 2.58. The number of hydrogen-bond donors (Lipinski definition) is 2. The van der Waals surface area contributed by atoms with Crippen molar-refractivity contribution in [3.05, 3.63) is 47.5 Å². The third kappa shape index (κ3) is 2.69. The highest BCUT2D eigenvalue weighted by Crippen LogP contribution is 2.52. The molecule has 0 aliphatic carbocycles. The maximum absolute atomic E-state index is 13.5. The van der Waals surface area contributed by atoms with Crippen molar-refractivity contribution in [2.45, 2.75) is 37.3 Å². The van der Waals surface area contributed by atoms with Gasteiger partial charge in [0.1, 0.15) is 11.4 Å². The number of nitrogens with zero attached hydrogens (tertiary/aromatic N) is 2. The molecule has 0 bridgehead atoms. The number of fused-ring (bicyclic) bond motifs is 2. The van der Waals surface area contributed by atoms with Crippen molar-refractivity contribution < 1.29 is 14.3 Å². The van der Waals surface area contributed by atoms with Gasteiger partial charge in [-0.2, -0.15) is 0 Å². The second-order valence-electron chi connectivity index (χ2n) is 8.60. The second kappa shape index (κ2) is 6.47. The Labute approximate surface area is 175 Å². The summed E-state index contributed by atoms with van der Waals surface area (Å²) in [7, 11) is 1.67. The van der Waals surface area contributed by atoms with E-state index in [1.807, 2.05) is 43.3 Å². The molecular formula is C23H26N4O3. The number of aliphatic imine (C=N–C) groups is 1. The topological polar surface area (TPSA) is 103 Å². The summed E-state index contributed by atoms with van der Waals surface area (Å²) < 4.78 is 12.2. The van der Waals surface area contributed by atoms with Gasteiger partial charge in [-0.3, -0.25) is 9.69 Å². The average molecular weight is 406 g/mol. The van der Waals surface area contributed by atoms with Gasteiger partial charge in [0.2, 0.25) is 0 Å². The Balaban J connectivity index is 1.70. The van der Waals surface area contributed by atoms with Gasteiger partial charge in [0, 0.05) is 31.3 Å². The zero-order valence-electron chi connectivity index (χ0n) is 17.3. The number of likely N-dealkylation sites (N-methyl/N-ethyl adjacent to an activating group) is 1. The molecule has 7 heteroatoms. The zero-order valence-corrected chi connectivity index (χ0v) is 17.3. The monoisotopic (exact) mass is 406 g/mol. The highest BCUT2D eigenvalue weighted by atomic mass is 16.5. The quantitative estimate of drug-likeness (QED) is 0.709. The van der Waals surface area contributed by atoms with Crippen molar-refractivity contribution in [2.75, 3.05) is 26.0 Å². The summed E-state index contributed by atoms with van der Waals surface area (Å²) in [5.41, 5.74) is 15.0. The van der Waals surface area contributed by atoms with Crippen molar-refractivity contribution in [1.82, 2.24) is 4.90 Å². The lowest BCUT2D eigenvalue weighted by molar-refractivity contribution is -0.139. The predicted molar refractivity (Wildman–Crippen MR) is 115 cm³/mol. The first kappa shape index (κ1) is 18.9. The molecule has 3 aliphatic heterocycles. The maximum Gasteiger partial charge on any atom is 0.261 e. The van der Waals surface area contributed by atoms with Crippen molar-refractivity contribution in [2.24, 2.45) is 10.7 Å². The molecule has 2 atom stereocenters. The Morgan fingerprint density at radius 3 is 2.70 bits per heavy atom. The van der Waals surface area contributed by atoms with Crippen LogP contribution in [-0.2, 0) is 15.1 Å². The van der Waals surface area contributed by atoms with Gasteiger partial charge in [-0.05, 0) is 60.7 Å². The lowest BCUT2D eigenvalue weighted by Crippen LogP contribution is -2.55. The van der Waals surface area contributed by atoms with Gasteiger partial charge in [-0.25, -0.2) is 4.99 Å². The molecule has 3 aliphatic rings. The number of carbonyl (C=O) groups is 1. The first-order valence-corrected chi connectivity index (χ1v) is 10.2. The Kier molecular flexibility index (Phi) is 4.08. The maximum atomic E-state index is 13.5. The first-order valence-electron chi connectivity index (χ1n) is 10.2. The fraction of sp³-hybridized carbons (Fsp3) is 0.391. The summed E-state index contributed by atoms with van der Waals surface area (Å²) in [6, 6.07) is 11.8. The average Bonchev–Trinajstić information content (AvgIpc) is 2.94. The van der Waals surface area contributed by atoms with Crippen molar-refractivity contribution in [3.8, 4) is 16.9 Å². The molecule has 30 heavy (non-hydrogen) atoms. The Bertz CT molecular complexity index is 1070. The SMILES string of the molecule is Cc1ccc(N)cc1-c1ccc2c(c1)C1(CC3(CCCOC3)O2)N=C(N)N(C)C1=O. The molecule has 3 heterocycles. The number of benzene rings is 2. The number of amides is 1. The number of nitrogen functional groups attached to an aromatic ring is 1. The van der Waals surface area contributed by atoms with Crippen LogP contribution in [0.15, 0.2) is 41.4 Å². The van der Waals surface area contributed by atoms with Crippen molar-refractivity contribution >= 4 is 17.6 Å². The fourth-order valence-corrected chi connectivity index (χ4v) is 4.93. The molecule has 0 aromatic heterocycles. The fourth-order valence-electron chi connectivity index (χ4n) is 4.93. The zero-order chi connectivity index (χ0) is 21.1. The van der Waals surface area contributed by atoms with Crippen LogP contribution in [0, 0.1) is 6.92 Å². The first-order chi connectivity index (χ1) is 14.3. The van der Waals surface area contributed by atoms with Gasteiger partial charge in [-0.1, -0.05) is 12.1 Å². The lowest BCUT2D eigenvalue weighted by atomic mass is 9.73. The molecule has 1 amide bonds. The summed E-state index contributed by atoms with van der Waals surface area (Å²) in [6.45, 7) is 3.19. The Hall–Kier alpha value is -3.06. The Morgan fingerprint density at radius 2 is 2.00 bits per heavy atom. The smallest absolute Gasteiger partial charge is 0.261 e. The normalized spacial score (nSPS) is 27.9. The molecule has 0 saturated carbocycles. The predicted octanol–water partition coefficient (Wildman–Crippen LogP) is 2.56. The number of carbonyl (C=O) groups excluding carboxylic acids is 1. The molecule has 2 spiro atoms. The minimum atomic E-state index is -1.10. The van der Waals surface area contributed by atoms with Crippen LogP contribution in [0.5, 0.6) is 5.75 Å². The van der Waals surface area contributed by atoms with Crippen molar-refractivity contribution in [1.29, 1.82) is 0 Å². The van der Waals surface area contributed by atoms with Crippen LogP contribution in [0.4, 0.5) is 5.69 Å². The van der Waals surface area contributed by atoms with E-state index in [2.05, 4.69) is 0 Å². The van der Waals surface area contributed by atoms with Crippen LogP contribution in [-0.4, -0.2) is 42.6 Å². The molecule has 2 aromatic rings. The number of hydrogen-bond acceptors (Lipinski definition) is 6. The number of ether oxygens (including phenoxy) is 2. The van der Waals surface area contributed by atoms with E-state index < -0.39 is 11.1 Å². The van der Waals surface area contributed by atoms with E-state index in [0.717, 1.165) is 35.1 Å². The van der Waals surface area contributed by atoms with E-state index in [-0.39, 0.29) is 11.9 Å². The van der Waals surface area contributed by atoms with E-state index in [0.29, 0.717) is 31.1 Å². The van der Waals surface area contributed by atoms with Crippen molar-refractivity contribution in [3.63, 3.8) is 0 Å². The van der Waals surface area contributed by atoms with E-state index in [4.69, 9.17) is 25.9 Å². The van der Waals surface area contributed by atoms with Gasteiger partial charge >= 0.3 is 0 Å². The van der Waals surface area contributed by atoms with Crippen LogP contribution in [0.1, 0.15) is 30.4 Å². The molecule has 2 aromatic carbocycles. The molecule has 156 valence electrons. The van der Waals surface area contributed by atoms with Gasteiger partial charge in [0.15, 0.2) is 11.5 Å². The van der Waals surface area contributed by atoms with Crippen LogP contribution in [0.3, 0.4) is 0 Å². The molecule has 1 saturated heterocycles. The number of rotatable bonds is 1. The van der Waals surface area contributed by atoms with E-state index in [1.165, 1.54) is 4.90 Å².